The minimum atomic E-state index is 0.121. The van der Waals surface area contributed by atoms with Crippen LogP contribution in [0.25, 0.3) is 0 Å². The summed E-state index contributed by atoms with van der Waals surface area (Å²) < 4.78 is 12.3. The molecule has 0 aliphatic carbocycles. The van der Waals surface area contributed by atoms with Gasteiger partial charge in [-0.1, -0.05) is 36.4 Å². The second kappa shape index (κ2) is 9.63. The number of anilines is 1. The molecule has 2 N–H and O–H groups in total. The largest absolute Gasteiger partial charge is 0.504 e. The van der Waals surface area contributed by atoms with Crippen LogP contribution in [0.5, 0.6) is 34.5 Å². The van der Waals surface area contributed by atoms with E-state index in [2.05, 4.69) is 6.07 Å². The molecule has 0 amide bonds. The number of ether oxygens (including phenoxy) is 2. The fourth-order valence-electron chi connectivity index (χ4n) is 4.37. The van der Waals surface area contributed by atoms with E-state index in [9.17, 15) is 10.2 Å². The number of benzene rings is 4. The molecular weight excluding hydrogens is 438 g/mol. The van der Waals surface area contributed by atoms with Crippen LogP contribution < -0.4 is 14.4 Å². The molecule has 35 heavy (non-hydrogen) atoms. The fourth-order valence-corrected chi connectivity index (χ4v) is 4.37. The Kier molecular flexibility index (Phi) is 6.23. The molecule has 0 atom stereocenters. The molecule has 178 valence electrons. The van der Waals surface area contributed by atoms with E-state index < -0.39 is 0 Å². The molecule has 5 heteroatoms. The van der Waals surface area contributed by atoms with E-state index in [4.69, 9.17) is 9.47 Å². The normalized spacial score (nSPS) is 13.1. The van der Waals surface area contributed by atoms with Gasteiger partial charge in [-0.3, -0.25) is 0 Å². The summed E-state index contributed by atoms with van der Waals surface area (Å²) in [6, 6.07) is 25.3. The van der Waals surface area contributed by atoms with Crippen LogP contribution in [-0.4, -0.2) is 24.3 Å². The molecule has 4 aromatic rings. The van der Waals surface area contributed by atoms with Gasteiger partial charge in [0.25, 0.3) is 0 Å². The zero-order chi connectivity index (χ0) is 24.4. The van der Waals surface area contributed by atoms with Crippen LogP contribution in [0.15, 0.2) is 78.9 Å². The maximum absolute atomic E-state index is 11.1. The number of hydrogen-bond acceptors (Lipinski definition) is 5. The van der Waals surface area contributed by atoms with E-state index >= 15 is 0 Å². The first-order valence-electron chi connectivity index (χ1n) is 11.8. The molecule has 0 aromatic heterocycles. The lowest BCUT2D eigenvalue weighted by molar-refractivity contribution is 0.407. The van der Waals surface area contributed by atoms with Crippen molar-refractivity contribution in [3.8, 4) is 34.5 Å². The summed E-state index contributed by atoms with van der Waals surface area (Å²) in [6.45, 7) is 0. The van der Waals surface area contributed by atoms with Crippen LogP contribution in [0.1, 0.15) is 22.3 Å². The summed E-state index contributed by atoms with van der Waals surface area (Å²) in [6.07, 6.45) is 3.07. The quantitative estimate of drug-likeness (QED) is 0.329. The van der Waals surface area contributed by atoms with Crippen molar-refractivity contribution in [2.24, 2.45) is 0 Å². The topological polar surface area (TPSA) is 62.2 Å². The van der Waals surface area contributed by atoms with Crippen molar-refractivity contribution in [3.63, 3.8) is 0 Å². The van der Waals surface area contributed by atoms with Crippen molar-refractivity contribution in [1.29, 1.82) is 0 Å². The van der Waals surface area contributed by atoms with Gasteiger partial charge in [-0.25, -0.2) is 0 Å². The lowest BCUT2D eigenvalue weighted by Crippen LogP contribution is -2.09. The van der Waals surface area contributed by atoms with Crippen LogP contribution in [0.2, 0.25) is 0 Å². The number of phenols is 2. The number of phenolic OH excluding ortho intramolecular Hbond substituents is 2. The molecule has 6 rings (SSSR count). The molecule has 2 aliphatic rings. The Morgan fingerprint density at radius 2 is 1.37 bits per heavy atom. The van der Waals surface area contributed by atoms with Gasteiger partial charge >= 0.3 is 0 Å². The number of aryl methyl sites for hydroxylation is 4. The van der Waals surface area contributed by atoms with Crippen LogP contribution in [0.4, 0.5) is 5.69 Å². The van der Waals surface area contributed by atoms with Crippen LogP contribution >= 0.6 is 0 Å². The highest BCUT2D eigenvalue weighted by Gasteiger charge is 2.17. The van der Waals surface area contributed by atoms with E-state index in [0.29, 0.717) is 35.1 Å². The van der Waals surface area contributed by atoms with Crippen molar-refractivity contribution in [3.05, 3.63) is 101 Å². The minimum Gasteiger partial charge on any atom is -0.504 e. The monoisotopic (exact) mass is 467 g/mol. The zero-order valence-electron chi connectivity index (χ0n) is 20.0. The fraction of sp³-hybridized carbons (Fsp3) is 0.200. The molecule has 0 fully saturated rings. The van der Waals surface area contributed by atoms with E-state index in [1.807, 2.05) is 85.7 Å². The molecule has 4 aromatic carbocycles. The predicted octanol–water partition coefficient (Wildman–Crippen LogP) is 6.63. The SMILES string of the molecule is CN(C)c1ccc2c(c1O)Oc1cccc(c1)CCc1ccc(O)c(c1)Oc1ccc(cc1)CC2. The smallest absolute Gasteiger partial charge is 0.182 e. The van der Waals surface area contributed by atoms with Crippen LogP contribution in [-0.2, 0) is 25.7 Å². The van der Waals surface area contributed by atoms with Gasteiger partial charge in [0.05, 0.1) is 5.69 Å². The van der Waals surface area contributed by atoms with Crippen molar-refractivity contribution >= 4 is 5.69 Å². The Bertz CT molecular complexity index is 1350. The first-order valence-corrected chi connectivity index (χ1v) is 11.8. The minimum absolute atomic E-state index is 0.121. The highest BCUT2D eigenvalue weighted by molar-refractivity contribution is 5.66. The third-order valence-corrected chi connectivity index (χ3v) is 6.35. The lowest BCUT2D eigenvalue weighted by Gasteiger charge is -2.20. The highest BCUT2D eigenvalue weighted by atomic mass is 16.5. The number of aromatic hydroxyl groups is 2. The van der Waals surface area contributed by atoms with Gasteiger partial charge in [0.2, 0.25) is 0 Å². The van der Waals surface area contributed by atoms with Gasteiger partial charge in [-0.15, -0.1) is 0 Å². The van der Waals surface area contributed by atoms with Gasteiger partial charge in [-0.2, -0.15) is 0 Å². The maximum Gasteiger partial charge on any atom is 0.182 e. The maximum atomic E-state index is 11.1. The Balaban J connectivity index is 1.56. The Morgan fingerprint density at radius 3 is 2.14 bits per heavy atom. The average Bonchev–Trinajstić information content (AvgIpc) is 2.85. The van der Waals surface area contributed by atoms with E-state index in [0.717, 1.165) is 41.5 Å². The Labute approximate surface area is 205 Å². The zero-order valence-corrected chi connectivity index (χ0v) is 20.0. The predicted molar refractivity (Wildman–Crippen MR) is 138 cm³/mol. The molecule has 5 nitrogen and oxygen atoms in total. The Morgan fingerprint density at radius 1 is 0.657 bits per heavy atom. The molecule has 0 radical (unpaired) electrons. The molecular formula is C30H29NO4. The molecule has 0 saturated heterocycles. The van der Waals surface area contributed by atoms with Crippen LogP contribution in [0, 0.1) is 0 Å². The van der Waals surface area contributed by atoms with Gasteiger partial charge in [-0.05, 0) is 90.4 Å². The first kappa shape index (κ1) is 22.7. The van der Waals surface area contributed by atoms with Gasteiger partial charge < -0.3 is 24.6 Å². The third kappa shape index (κ3) is 5.04. The Hall–Kier alpha value is -4.12. The highest BCUT2D eigenvalue weighted by Crippen LogP contribution is 2.42. The summed E-state index contributed by atoms with van der Waals surface area (Å²) >= 11 is 0. The number of hydrogen-bond donors (Lipinski definition) is 2. The molecule has 0 saturated carbocycles. The molecule has 2 heterocycles. The van der Waals surface area contributed by atoms with Crippen molar-refractivity contribution < 1.29 is 19.7 Å². The lowest BCUT2D eigenvalue weighted by atomic mass is 10.0. The third-order valence-electron chi connectivity index (χ3n) is 6.35. The second-order valence-corrected chi connectivity index (χ2v) is 9.11. The molecule has 0 unspecified atom stereocenters. The summed E-state index contributed by atoms with van der Waals surface area (Å²) in [7, 11) is 3.81. The standard InChI is InChI=1S/C30H29NO4/c1-31(2)26-16-13-23-12-8-20-9-14-24(15-10-20)34-28-19-22(11-17-27(28)32)7-6-21-4-3-5-25(18-21)35-30(23)29(26)33/h3-5,9-11,13-19,32-33H,6-8,12H2,1-2H3. The second-order valence-electron chi connectivity index (χ2n) is 9.11. The summed E-state index contributed by atoms with van der Waals surface area (Å²) in [5.74, 6) is 2.58. The first-order chi connectivity index (χ1) is 17.0. The van der Waals surface area contributed by atoms with Gasteiger partial charge in [0.15, 0.2) is 23.0 Å². The molecule has 2 aliphatic heterocycles. The summed E-state index contributed by atoms with van der Waals surface area (Å²) in [5, 5.41) is 21.4. The van der Waals surface area contributed by atoms with Crippen LogP contribution in [0.3, 0.4) is 0 Å². The van der Waals surface area contributed by atoms with Crippen molar-refractivity contribution in [1.82, 2.24) is 0 Å². The van der Waals surface area contributed by atoms with E-state index in [1.54, 1.807) is 6.07 Å². The van der Waals surface area contributed by atoms with E-state index in [-0.39, 0.29) is 11.5 Å². The van der Waals surface area contributed by atoms with Gasteiger partial charge in [0.1, 0.15) is 11.5 Å². The van der Waals surface area contributed by atoms with Crippen molar-refractivity contribution in [2.75, 3.05) is 19.0 Å². The summed E-state index contributed by atoms with van der Waals surface area (Å²) in [5.41, 5.74) is 4.99. The average molecular weight is 468 g/mol. The van der Waals surface area contributed by atoms with Crippen molar-refractivity contribution in [2.45, 2.75) is 25.7 Å². The van der Waals surface area contributed by atoms with Gasteiger partial charge in [0, 0.05) is 14.1 Å². The molecule has 6 bridgehead atoms. The molecule has 0 spiro atoms. The number of nitrogens with zero attached hydrogens (tertiary/aromatic N) is 1. The van der Waals surface area contributed by atoms with E-state index in [1.165, 1.54) is 0 Å². The number of fused-ring (bicyclic) bond motifs is 4. The summed E-state index contributed by atoms with van der Waals surface area (Å²) in [4.78, 5) is 1.88. The number of rotatable bonds is 1.